The van der Waals surface area contributed by atoms with Crippen molar-refractivity contribution >= 4 is 17.1 Å². The summed E-state index contributed by atoms with van der Waals surface area (Å²) in [6.07, 6.45) is 0. The summed E-state index contributed by atoms with van der Waals surface area (Å²) >= 11 is 0. The smallest absolute Gasteiger partial charge is 0.0540 e. The van der Waals surface area contributed by atoms with Gasteiger partial charge in [-0.15, -0.1) is 0 Å². The lowest BCUT2D eigenvalue weighted by Gasteiger charge is -2.28. The van der Waals surface area contributed by atoms with E-state index in [4.69, 9.17) is 0 Å². The van der Waals surface area contributed by atoms with Crippen LogP contribution in [0.3, 0.4) is 0 Å². The van der Waals surface area contributed by atoms with Crippen LogP contribution in [0.2, 0.25) is 0 Å². The summed E-state index contributed by atoms with van der Waals surface area (Å²) in [6.45, 7) is 4.72. The summed E-state index contributed by atoms with van der Waals surface area (Å²) in [5.74, 6) is 0. The van der Waals surface area contributed by atoms with E-state index in [1.54, 1.807) is 0 Å². The number of hydrogen-bond acceptors (Lipinski definition) is 1. The Kier molecular flexibility index (Phi) is 8.92. The van der Waals surface area contributed by atoms with Gasteiger partial charge in [0.05, 0.1) is 5.69 Å². The van der Waals surface area contributed by atoms with E-state index in [9.17, 15) is 0 Å². The molecule has 1 aliphatic rings. The van der Waals surface area contributed by atoms with Gasteiger partial charge < -0.3 is 4.90 Å². The van der Waals surface area contributed by atoms with Crippen LogP contribution in [0.25, 0.3) is 66.8 Å². The molecule has 0 heterocycles. The summed E-state index contributed by atoms with van der Waals surface area (Å²) in [6, 6.07) is 81.7. The van der Waals surface area contributed by atoms with Crippen LogP contribution in [0.4, 0.5) is 17.1 Å². The van der Waals surface area contributed by atoms with Gasteiger partial charge in [0.15, 0.2) is 0 Å². The third kappa shape index (κ3) is 6.22. The average Bonchev–Trinajstić information content (AvgIpc) is 3.54. The molecule has 58 heavy (non-hydrogen) atoms. The molecule has 9 aromatic rings. The van der Waals surface area contributed by atoms with Crippen molar-refractivity contribution in [1.29, 1.82) is 0 Å². The van der Waals surface area contributed by atoms with Crippen molar-refractivity contribution in [3.8, 4) is 66.8 Å². The topological polar surface area (TPSA) is 3.24 Å². The Morgan fingerprint density at radius 2 is 0.741 bits per heavy atom. The number of benzene rings is 9. The van der Waals surface area contributed by atoms with Gasteiger partial charge in [0.1, 0.15) is 0 Å². The number of para-hydroxylation sites is 1. The van der Waals surface area contributed by atoms with Crippen LogP contribution < -0.4 is 4.90 Å². The Balaban J connectivity index is 1.10. The molecule has 0 saturated carbocycles. The molecule has 0 bridgehead atoms. The molecule has 1 heteroatoms. The second-order valence-corrected chi connectivity index (χ2v) is 15.7. The minimum atomic E-state index is -0.0742. The molecule has 1 nitrogen and oxygen atoms in total. The Bertz CT molecular complexity index is 2870. The van der Waals surface area contributed by atoms with E-state index in [2.05, 4.69) is 243 Å². The number of anilines is 3. The van der Waals surface area contributed by atoms with Crippen molar-refractivity contribution in [2.24, 2.45) is 0 Å². The zero-order chi connectivity index (χ0) is 39.1. The van der Waals surface area contributed by atoms with E-state index >= 15 is 0 Å². The maximum Gasteiger partial charge on any atom is 0.0540 e. The van der Waals surface area contributed by atoms with Gasteiger partial charge in [-0.2, -0.15) is 0 Å². The van der Waals surface area contributed by atoms with E-state index in [0.29, 0.717) is 0 Å². The lowest BCUT2D eigenvalue weighted by Crippen LogP contribution is -2.14. The standard InChI is InChI=1S/C57H43N/c1-57(2)53-26-14-12-24-51(53)56-50(25-16-27-54(56)57)52-39-45(33-38-48(52)43-19-8-4-9-20-43)42-31-36-47(37-32-42)58(46-34-29-41(30-35-46)40-17-6-3-7-18-40)55-28-15-13-23-49(55)44-21-10-5-11-22-44/h3-39H,1-2H3. The molecule has 0 saturated heterocycles. The molecule has 0 unspecified atom stereocenters. The van der Waals surface area contributed by atoms with Crippen molar-refractivity contribution in [3.63, 3.8) is 0 Å². The fourth-order valence-corrected chi connectivity index (χ4v) is 8.99. The Morgan fingerprint density at radius 1 is 0.293 bits per heavy atom. The van der Waals surface area contributed by atoms with E-state index in [0.717, 1.165) is 17.1 Å². The highest BCUT2D eigenvalue weighted by molar-refractivity contribution is 5.98. The molecule has 0 fully saturated rings. The zero-order valence-corrected chi connectivity index (χ0v) is 32.8. The Hall–Kier alpha value is -7.22. The van der Waals surface area contributed by atoms with E-state index in [1.807, 2.05) is 0 Å². The minimum Gasteiger partial charge on any atom is -0.310 e. The maximum atomic E-state index is 2.41. The highest BCUT2D eigenvalue weighted by Gasteiger charge is 2.36. The monoisotopic (exact) mass is 741 g/mol. The van der Waals surface area contributed by atoms with Gasteiger partial charge in [0, 0.05) is 22.4 Å². The SMILES string of the molecule is CC1(C)c2ccccc2-c2c(-c3cc(-c4ccc(N(c5ccc(-c6ccccc6)cc5)c5ccccc5-c5ccccc5)cc4)ccc3-c3ccccc3)cccc21. The number of rotatable bonds is 8. The highest BCUT2D eigenvalue weighted by atomic mass is 15.1. The number of hydrogen-bond donors (Lipinski definition) is 0. The fraction of sp³-hybridized carbons (Fsp3) is 0.0526. The van der Waals surface area contributed by atoms with Crippen molar-refractivity contribution in [2.45, 2.75) is 19.3 Å². The van der Waals surface area contributed by atoms with Crippen LogP contribution in [-0.4, -0.2) is 0 Å². The van der Waals surface area contributed by atoms with Crippen molar-refractivity contribution < 1.29 is 0 Å². The van der Waals surface area contributed by atoms with Gasteiger partial charge >= 0.3 is 0 Å². The first-order chi connectivity index (χ1) is 28.5. The molecule has 0 N–H and O–H groups in total. The molecule has 0 spiro atoms. The minimum absolute atomic E-state index is 0.0742. The van der Waals surface area contributed by atoms with E-state index < -0.39 is 0 Å². The molecule has 0 aromatic heterocycles. The van der Waals surface area contributed by atoms with E-state index in [1.165, 1.54) is 77.9 Å². The van der Waals surface area contributed by atoms with Crippen LogP contribution in [-0.2, 0) is 5.41 Å². The van der Waals surface area contributed by atoms with Crippen LogP contribution in [0.1, 0.15) is 25.0 Å². The van der Waals surface area contributed by atoms with E-state index in [-0.39, 0.29) is 5.41 Å². The first-order valence-corrected chi connectivity index (χ1v) is 20.2. The van der Waals surface area contributed by atoms with Crippen molar-refractivity contribution in [3.05, 3.63) is 236 Å². The van der Waals surface area contributed by atoms with Crippen LogP contribution in [0.15, 0.2) is 224 Å². The normalized spacial score (nSPS) is 12.4. The van der Waals surface area contributed by atoms with Gasteiger partial charge in [-0.05, 0) is 109 Å². The van der Waals surface area contributed by atoms with Gasteiger partial charge in [-0.25, -0.2) is 0 Å². The summed E-state index contributed by atoms with van der Waals surface area (Å²) in [4.78, 5) is 2.39. The molecule has 9 aromatic carbocycles. The second kappa shape index (κ2) is 14.7. The van der Waals surface area contributed by atoms with Crippen LogP contribution in [0, 0.1) is 0 Å². The summed E-state index contributed by atoms with van der Waals surface area (Å²) in [5, 5.41) is 0. The summed E-state index contributed by atoms with van der Waals surface area (Å²) < 4.78 is 0. The predicted molar refractivity (Wildman–Crippen MR) is 246 cm³/mol. The number of nitrogens with zero attached hydrogens (tertiary/aromatic N) is 1. The van der Waals surface area contributed by atoms with Crippen molar-refractivity contribution in [1.82, 2.24) is 0 Å². The fourth-order valence-electron chi connectivity index (χ4n) is 8.99. The van der Waals surface area contributed by atoms with Gasteiger partial charge in [-0.3, -0.25) is 0 Å². The highest BCUT2D eigenvalue weighted by Crippen LogP contribution is 2.53. The number of fused-ring (bicyclic) bond motifs is 3. The Labute approximate surface area is 342 Å². The maximum absolute atomic E-state index is 2.41. The molecule has 276 valence electrons. The molecular weight excluding hydrogens is 699 g/mol. The van der Waals surface area contributed by atoms with Crippen LogP contribution >= 0.6 is 0 Å². The quantitative estimate of drug-likeness (QED) is 0.150. The lowest BCUT2D eigenvalue weighted by molar-refractivity contribution is 0.660. The molecular formula is C57H43N. The first kappa shape index (κ1) is 35.2. The van der Waals surface area contributed by atoms with Crippen molar-refractivity contribution in [2.75, 3.05) is 4.90 Å². The second-order valence-electron chi connectivity index (χ2n) is 15.7. The Morgan fingerprint density at radius 3 is 1.38 bits per heavy atom. The predicted octanol–water partition coefficient (Wildman–Crippen LogP) is 15.8. The molecule has 0 atom stereocenters. The van der Waals surface area contributed by atoms with Gasteiger partial charge in [0.25, 0.3) is 0 Å². The summed E-state index contributed by atoms with van der Waals surface area (Å²) in [5.41, 5.74) is 20.8. The molecule has 0 radical (unpaired) electrons. The molecule has 0 aliphatic heterocycles. The first-order valence-electron chi connectivity index (χ1n) is 20.2. The third-order valence-corrected chi connectivity index (χ3v) is 11.9. The third-order valence-electron chi connectivity index (χ3n) is 11.9. The summed E-state index contributed by atoms with van der Waals surface area (Å²) in [7, 11) is 0. The lowest BCUT2D eigenvalue weighted by atomic mass is 9.81. The molecule has 10 rings (SSSR count). The average molecular weight is 742 g/mol. The van der Waals surface area contributed by atoms with Crippen LogP contribution in [0.5, 0.6) is 0 Å². The largest absolute Gasteiger partial charge is 0.310 e. The van der Waals surface area contributed by atoms with Gasteiger partial charge in [-0.1, -0.05) is 202 Å². The van der Waals surface area contributed by atoms with Gasteiger partial charge in [0.2, 0.25) is 0 Å². The molecule has 1 aliphatic carbocycles. The molecule has 0 amide bonds. The zero-order valence-electron chi connectivity index (χ0n) is 32.8.